The SMILES string of the molecule is COc1cc2nc(Nc3ccccc3)sc2cc1OC. The molecule has 0 fully saturated rings. The van der Waals surface area contributed by atoms with E-state index in [4.69, 9.17) is 9.47 Å². The lowest BCUT2D eigenvalue weighted by Crippen LogP contribution is -1.90. The molecule has 2 aromatic carbocycles. The predicted octanol–water partition coefficient (Wildman–Crippen LogP) is 4.06. The number of para-hydroxylation sites is 1. The fourth-order valence-electron chi connectivity index (χ4n) is 1.95. The van der Waals surface area contributed by atoms with Crippen LogP contribution in [0.3, 0.4) is 0 Å². The van der Waals surface area contributed by atoms with Gasteiger partial charge in [-0.05, 0) is 12.1 Å². The van der Waals surface area contributed by atoms with Crippen molar-refractivity contribution in [1.82, 2.24) is 4.98 Å². The van der Waals surface area contributed by atoms with Crippen molar-refractivity contribution in [2.45, 2.75) is 0 Å². The van der Waals surface area contributed by atoms with Crippen LogP contribution in [-0.2, 0) is 0 Å². The number of benzene rings is 2. The van der Waals surface area contributed by atoms with Crippen molar-refractivity contribution in [3.63, 3.8) is 0 Å². The molecule has 4 nitrogen and oxygen atoms in total. The Hall–Kier alpha value is -2.27. The Morgan fingerprint density at radius 3 is 2.40 bits per heavy atom. The summed E-state index contributed by atoms with van der Waals surface area (Å²) in [6, 6.07) is 13.8. The van der Waals surface area contributed by atoms with E-state index in [0.29, 0.717) is 5.75 Å². The second-order valence-corrected chi connectivity index (χ2v) is 5.22. The van der Waals surface area contributed by atoms with E-state index in [0.717, 1.165) is 26.8 Å². The Balaban J connectivity index is 1.98. The number of fused-ring (bicyclic) bond motifs is 1. The predicted molar refractivity (Wildman–Crippen MR) is 82.4 cm³/mol. The molecule has 0 bridgehead atoms. The molecule has 0 spiro atoms. The van der Waals surface area contributed by atoms with E-state index in [-0.39, 0.29) is 0 Å². The second kappa shape index (κ2) is 5.38. The van der Waals surface area contributed by atoms with Gasteiger partial charge in [-0.15, -0.1) is 0 Å². The molecule has 3 rings (SSSR count). The van der Waals surface area contributed by atoms with Crippen molar-refractivity contribution in [3.05, 3.63) is 42.5 Å². The minimum absolute atomic E-state index is 0.691. The maximum absolute atomic E-state index is 5.31. The fourth-order valence-corrected chi connectivity index (χ4v) is 2.85. The highest BCUT2D eigenvalue weighted by molar-refractivity contribution is 7.22. The monoisotopic (exact) mass is 286 g/mol. The Labute approximate surface area is 121 Å². The van der Waals surface area contributed by atoms with Gasteiger partial charge in [-0.1, -0.05) is 29.5 Å². The number of ether oxygens (including phenoxy) is 2. The fraction of sp³-hybridized carbons (Fsp3) is 0.133. The first-order valence-corrected chi connectivity index (χ1v) is 6.96. The summed E-state index contributed by atoms with van der Waals surface area (Å²) in [6.45, 7) is 0. The molecule has 3 aromatic rings. The van der Waals surface area contributed by atoms with Crippen LogP contribution >= 0.6 is 11.3 Å². The van der Waals surface area contributed by atoms with Gasteiger partial charge in [0.15, 0.2) is 16.6 Å². The second-order valence-electron chi connectivity index (χ2n) is 4.18. The van der Waals surface area contributed by atoms with Crippen LogP contribution in [0, 0.1) is 0 Å². The number of hydrogen-bond acceptors (Lipinski definition) is 5. The lowest BCUT2D eigenvalue weighted by Gasteiger charge is -2.05. The largest absolute Gasteiger partial charge is 0.493 e. The number of aromatic nitrogens is 1. The van der Waals surface area contributed by atoms with E-state index in [1.165, 1.54) is 0 Å². The molecule has 102 valence electrons. The van der Waals surface area contributed by atoms with Gasteiger partial charge in [-0.25, -0.2) is 4.98 Å². The number of anilines is 2. The molecular formula is C15H14N2O2S. The third-order valence-corrected chi connectivity index (χ3v) is 3.85. The van der Waals surface area contributed by atoms with Crippen LogP contribution < -0.4 is 14.8 Å². The van der Waals surface area contributed by atoms with E-state index in [1.54, 1.807) is 25.6 Å². The van der Waals surface area contributed by atoms with Gasteiger partial charge in [-0.2, -0.15) is 0 Å². The zero-order chi connectivity index (χ0) is 13.9. The van der Waals surface area contributed by atoms with Crippen molar-refractivity contribution in [3.8, 4) is 11.5 Å². The minimum Gasteiger partial charge on any atom is -0.493 e. The summed E-state index contributed by atoms with van der Waals surface area (Å²) < 4.78 is 11.7. The zero-order valence-corrected chi connectivity index (χ0v) is 12.0. The molecule has 5 heteroatoms. The van der Waals surface area contributed by atoms with Crippen molar-refractivity contribution in [2.75, 3.05) is 19.5 Å². The van der Waals surface area contributed by atoms with E-state index < -0.39 is 0 Å². The summed E-state index contributed by atoms with van der Waals surface area (Å²) >= 11 is 1.58. The molecule has 0 saturated heterocycles. The molecule has 0 saturated carbocycles. The lowest BCUT2D eigenvalue weighted by atomic mass is 10.3. The van der Waals surface area contributed by atoms with Crippen LogP contribution in [-0.4, -0.2) is 19.2 Å². The highest BCUT2D eigenvalue weighted by Crippen LogP contribution is 2.36. The van der Waals surface area contributed by atoms with Gasteiger partial charge in [0, 0.05) is 17.8 Å². The number of rotatable bonds is 4. The standard InChI is InChI=1S/C15H14N2O2S/c1-18-12-8-11-14(9-13(12)19-2)20-15(17-11)16-10-6-4-3-5-7-10/h3-9H,1-2H3,(H,16,17). The van der Waals surface area contributed by atoms with Crippen molar-refractivity contribution in [1.29, 1.82) is 0 Å². The van der Waals surface area contributed by atoms with Crippen LogP contribution in [0.25, 0.3) is 10.2 Å². The van der Waals surface area contributed by atoms with Gasteiger partial charge < -0.3 is 14.8 Å². The van der Waals surface area contributed by atoms with Gasteiger partial charge in [0.1, 0.15) is 0 Å². The molecule has 0 aliphatic carbocycles. The summed E-state index contributed by atoms with van der Waals surface area (Å²) in [5.74, 6) is 1.41. The first-order valence-electron chi connectivity index (χ1n) is 6.15. The number of hydrogen-bond donors (Lipinski definition) is 1. The van der Waals surface area contributed by atoms with Gasteiger partial charge in [-0.3, -0.25) is 0 Å². The third kappa shape index (κ3) is 2.40. The molecule has 1 N–H and O–H groups in total. The normalized spacial score (nSPS) is 10.5. The van der Waals surface area contributed by atoms with E-state index in [1.807, 2.05) is 42.5 Å². The van der Waals surface area contributed by atoms with Crippen LogP contribution in [0.1, 0.15) is 0 Å². The number of nitrogens with zero attached hydrogens (tertiary/aromatic N) is 1. The van der Waals surface area contributed by atoms with E-state index in [9.17, 15) is 0 Å². The molecule has 0 radical (unpaired) electrons. The quantitative estimate of drug-likeness (QED) is 0.785. The molecule has 0 atom stereocenters. The average Bonchev–Trinajstić information content (AvgIpc) is 2.87. The summed E-state index contributed by atoms with van der Waals surface area (Å²) in [7, 11) is 3.26. The average molecular weight is 286 g/mol. The first-order chi connectivity index (χ1) is 9.80. The molecule has 20 heavy (non-hydrogen) atoms. The highest BCUT2D eigenvalue weighted by atomic mass is 32.1. The summed E-state index contributed by atoms with van der Waals surface area (Å²) in [5.41, 5.74) is 1.91. The maximum Gasteiger partial charge on any atom is 0.188 e. The molecular weight excluding hydrogens is 272 g/mol. The van der Waals surface area contributed by atoms with Crippen LogP contribution in [0.15, 0.2) is 42.5 Å². The first kappa shape index (κ1) is 12.7. The summed E-state index contributed by atoms with van der Waals surface area (Å²) in [4.78, 5) is 4.56. The molecule has 0 unspecified atom stereocenters. The van der Waals surface area contributed by atoms with Crippen molar-refractivity contribution >= 4 is 32.4 Å². The Morgan fingerprint density at radius 2 is 1.70 bits per heavy atom. The van der Waals surface area contributed by atoms with Crippen molar-refractivity contribution in [2.24, 2.45) is 0 Å². The smallest absolute Gasteiger partial charge is 0.188 e. The van der Waals surface area contributed by atoms with Gasteiger partial charge >= 0.3 is 0 Å². The molecule has 0 aliphatic rings. The number of nitrogens with one attached hydrogen (secondary N) is 1. The molecule has 0 amide bonds. The molecule has 1 aromatic heterocycles. The van der Waals surface area contributed by atoms with Crippen LogP contribution in [0.2, 0.25) is 0 Å². The maximum atomic E-state index is 5.31. The van der Waals surface area contributed by atoms with Crippen LogP contribution in [0.4, 0.5) is 10.8 Å². The van der Waals surface area contributed by atoms with E-state index in [2.05, 4.69) is 10.3 Å². The van der Waals surface area contributed by atoms with Gasteiger partial charge in [0.25, 0.3) is 0 Å². The van der Waals surface area contributed by atoms with E-state index >= 15 is 0 Å². The lowest BCUT2D eigenvalue weighted by molar-refractivity contribution is 0.356. The van der Waals surface area contributed by atoms with Crippen molar-refractivity contribution < 1.29 is 9.47 Å². The minimum atomic E-state index is 0.691. The Kier molecular flexibility index (Phi) is 3.43. The topological polar surface area (TPSA) is 43.4 Å². The zero-order valence-electron chi connectivity index (χ0n) is 11.2. The van der Waals surface area contributed by atoms with Gasteiger partial charge in [0.2, 0.25) is 0 Å². The number of methoxy groups -OCH3 is 2. The Bertz CT molecular complexity index is 684. The third-order valence-electron chi connectivity index (χ3n) is 2.92. The molecule has 0 aliphatic heterocycles. The number of thiazole rings is 1. The highest BCUT2D eigenvalue weighted by Gasteiger charge is 2.10. The van der Waals surface area contributed by atoms with Crippen LogP contribution in [0.5, 0.6) is 11.5 Å². The van der Waals surface area contributed by atoms with Gasteiger partial charge in [0.05, 0.1) is 24.4 Å². The Morgan fingerprint density at radius 1 is 1.00 bits per heavy atom. The summed E-state index contributed by atoms with van der Waals surface area (Å²) in [6.07, 6.45) is 0. The summed E-state index contributed by atoms with van der Waals surface area (Å²) in [5, 5.41) is 4.14. The molecule has 1 heterocycles.